The van der Waals surface area contributed by atoms with Crippen molar-refractivity contribution in [3.63, 3.8) is 0 Å². The van der Waals surface area contributed by atoms with Gasteiger partial charge in [0.2, 0.25) is 5.91 Å². The van der Waals surface area contributed by atoms with Crippen molar-refractivity contribution >= 4 is 11.6 Å². The van der Waals surface area contributed by atoms with Crippen LogP contribution in [0.5, 0.6) is 0 Å². The van der Waals surface area contributed by atoms with E-state index in [0.29, 0.717) is 24.4 Å². The van der Waals surface area contributed by atoms with Gasteiger partial charge in [0.05, 0.1) is 17.9 Å². The summed E-state index contributed by atoms with van der Waals surface area (Å²) in [6, 6.07) is 5.41. The lowest BCUT2D eigenvalue weighted by Gasteiger charge is -2.09. The van der Waals surface area contributed by atoms with E-state index in [0.717, 1.165) is 22.8 Å². The van der Waals surface area contributed by atoms with E-state index in [9.17, 15) is 18.4 Å². The monoisotopic (exact) mass is 390 g/mol. The van der Waals surface area contributed by atoms with Gasteiger partial charge in [-0.1, -0.05) is 5.16 Å². The molecule has 1 amide bonds. The largest absolute Gasteiger partial charge is 0.384 e. The summed E-state index contributed by atoms with van der Waals surface area (Å²) in [5.41, 5.74) is -0.341. The average Bonchev–Trinajstić information content (AvgIpc) is 3.14. The number of pyridine rings is 1. The van der Waals surface area contributed by atoms with Crippen LogP contribution in [0.15, 0.2) is 45.8 Å². The maximum Gasteiger partial charge on any atom is 0.259 e. The Morgan fingerprint density at radius 1 is 1.29 bits per heavy atom. The Balaban J connectivity index is 1.76. The highest BCUT2D eigenvalue weighted by Gasteiger charge is 2.13. The molecular weight excluding hydrogens is 374 g/mol. The van der Waals surface area contributed by atoms with Crippen molar-refractivity contribution < 1.29 is 22.8 Å². The van der Waals surface area contributed by atoms with E-state index in [2.05, 4.69) is 15.5 Å². The number of nitrogens with zero attached hydrogens (tertiary/aromatic N) is 3. The Morgan fingerprint density at radius 2 is 2.11 bits per heavy atom. The minimum Gasteiger partial charge on any atom is -0.384 e. The van der Waals surface area contributed by atoms with Gasteiger partial charge in [0, 0.05) is 31.9 Å². The lowest BCUT2D eigenvalue weighted by Crippen LogP contribution is -2.27. The number of methoxy groups -OCH3 is 1. The Kier molecular flexibility index (Phi) is 5.90. The highest BCUT2D eigenvalue weighted by atomic mass is 19.1. The minimum atomic E-state index is -0.787. The molecule has 2 heterocycles. The minimum absolute atomic E-state index is 0.177. The molecule has 28 heavy (non-hydrogen) atoms. The summed E-state index contributed by atoms with van der Waals surface area (Å²) in [4.78, 5) is 28.4. The SMILES string of the molecule is COCCc1noc(-c2ccc(=O)n(CC(=O)Nc3cc(F)ccc3F)c2)n1. The van der Waals surface area contributed by atoms with Crippen molar-refractivity contribution in [1.82, 2.24) is 14.7 Å². The quantitative estimate of drug-likeness (QED) is 0.663. The van der Waals surface area contributed by atoms with Crippen molar-refractivity contribution in [2.75, 3.05) is 19.0 Å². The van der Waals surface area contributed by atoms with Crippen LogP contribution in [0.25, 0.3) is 11.5 Å². The first kappa shape index (κ1) is 19.4. The van der Waals surface area contributed by atoms with E-state index in [4.69, 9.17) is 9.26 Å². The zero-order chi connectivity index (χ0) is 20.1. The molecule has 0 fully saturated rings. The maximum absolute atomic E-state index is 13.6. The number of carbonyl (C=O) groups excluding carboxylic acids is 1. The van der Waals surface area contributed by atoms with Crippen molar-refractivity contribution in [2.24, 2.45) is 0 Å². The molecule has 146 valence electrons. The molecule has 0 atom stereocenters. The van der Waals surface area contributed by atoms with Gasteiger partial charge in [-0.05, 0) is 18.2 Å². The van der Waals surface area contributed by atoms with Crippen molar-refractivity contribution in [2.45, 2.75) is 13.0 Å². The molecule has 3 rings (SSSR count). The van der Waals surface area contributed by atoms with Gasteiger partial charge in [-0.15, -0.1) is 0 Å². The Labute approximate surface area is 157 Å². The fourth-order valence-corrected chi connectivity index (χ4v) is 2.39. The summed E-state index contributed by atoms with van der Waals surface area (Å²) in [6.45, 7) is 0.0164. The third-order valence-corrected chi connectivity index (χ3v) is 3.74. The molecule has 0 aliphatic carbocycles. The number of aromatic nitrogens is 3. The molecule has 0 radical (unpaired) electrons. The number of benzene rings is 1. The maximum atomic E-state index is 13.6. The van der Waals surface area contributed by atoms with Gasteiger partial charge >= 0.3 is 0 Å². The second-order valence-electron chi connectivity index (χ2n) is 5.81. The second-order valence-corrected chi connectivity index (χ2v) is 5.81. The van der Waals surface area contributed by atoms with Gasteiger partial charge in [0.25, 0.3) is 11.4 Å². The van der Waals surface area contributed by atoms with Gasteiger partial charge in [0.1, 0.15) is 18.2 Å². The number of hydrogen-bond donors (Lipinski definition) is 1. The van der Waals surface area contributed by atoms with Crippen LogP contribution >= 0.6 is 0 Å². The molecule has 1 aromatic carbocycles. The molecule has 8 nitrogen and oxygen atoms in total. The summed E-state index contributed by atoms with van der Waals surface area (Å²) >= 11 is 0. The summed E-state index contributed by atoms with van der Waals surface area (Å²) in [7, 11) is 1.55. The lowest BCUT2D eigenvalue weighted by atomic mass is 10.2. The van der Waals surface area contributed by atoms with E-state index in [1.165, 1.54) is 18.3 Å². The molecular formula is C18H16F2N4O4. The van der Waals surface area contributed by atoms with E-state index >= 15 is 0 Å². The number of amides is 1. The molecule has 0 aliphatic heterocycles. The zero-order valence-corrected chi connectivity index (χ0v) is 14.8. The van der Waals surface area contributed by atoms with Crippen LogP contribution in [0.3, 0.4) is 0 Å². The molecule has 0 saturated heterocycles. The van der Waals surface area contributed by atoms with E-state index in [1.54, 1.807) is 7.11 Å². The van der Waals surface area contributed by atoms with Crippen LogP contribution in [-0.2, 0) is 22.5 Å². The number of carbonyl (C=O) groups is 1. The molecule has 0 spiro atoms. The first-order valence-electron chi connectivity index (χ1n) is 8.23. The molecule has 3 aromatic rings. The molecule has 0 unspecified atom stereocenters. The van der Waals surface area contributed by atoms with Crippen molar-refractivity contribution in [3.05, 3.63) is 64.3 Å². The van der Waals surface area contributed by atoms with Gasteiger partial charge in [0.15, 0.2) is 5.82 Å². The van der Waals surface area contributed by atoms with Crippen LogP contribution in [0.4, 0.5) is 14.5 Å². The topological polar surface area (TPSA) is 99.3 Å². The predicted molar refractivity (Wildman–Crippen MR) is 94.6 cm³/mol. The van der Waals surface area contributed by atoms with E-state index < -0.39 is 29.6 Å². The highest BCUT2D eigenvalue weighted by molar-refractivity contribution is 5.90. The number of nitrogens with one attached hydrogen (secondary N) is 1. The number of rotatable bonds is 7. The van der Waals surface area contributed by atoms with Crippen molar-refractivity contribution in [1.29, 1.82) is 0 Å². The van der Waals surface area contributed by atoms with Crippen LogP contribution in [0, 0.1) is 11.6 Å². The molecule has 10 heteroatoms. The van der Waals surface area contributed by atoms with Crippen LogP contribution in [0.1, 0.15) is 5.82 Å². The normalized spacial score (nSPS) is 10.8. The fraction of sp³-hybridized carbons (Fsp3) is 0.222. The van der Waals surface area contributed by atoms with Gasteiger partial charge in [-0.25, -0.2) is 8.78 Å². The molecule has 0 aliphatic rings. The van der Waals surface area contributed by atoms with Crippen molar-refractivity contribution in [3.8, 4) is 11.5 Å². The first-order chi connectivity index (χ1) is 13.5. The third kappa shape index (κ3) is 4.65. The van der Waals surface area contributed by atoms with Gasteiger partial charge in [-0.2, -0.15) is 4.98 Å². The van der Waals surface area contributed by atoms with E-state index in [-0.39, 0.29) is 11.6 Å². The number of hydrogen-bond acceptors (Lipinski definition) is 6. The predicted octanol–water partition coefficient (Wildman–Crippen LogP) is 2.00. The molecule has 0 bridgehead atoms. The Hall–Kier alpha value is -3.40. The second kappa shape index (κ2) is 8.53. The smallest absolute Gasteiger partial charge is 0.259 e. The number of anilines is 1. The third-order valence-electron chi connectivity index (χ3n) is 3.74. The fourth-order valence-electron chi connectivity index (χ4n) is 2.39. The first-order valence-corrected chi connectivity index (χ1v) is 8.23. The Bertz CT molecular complexity index is 1050. The summed E-state index contributed by atoms with van der Waals surface area (Å²) < 4.78 is 38.0. The standard InChI is InChI=1S/C18H16F2N4O4/c1-27-7-6-15-22-18(28-23-15)11-2-5-17(26)24(9-11)10-16(25)21-14-8-12(19)3-4-13(14)20/h2-5,8-9H,6-7,10H2,1H3,(H,21,25). The molecule has 1 N–H and O–H groups in total. The molecule has 0 saturated carbocycles. The van der Waals surface area contributed by atoms with Crippen LogP contribution in [-0.4, -0.2) is 34.3 Å². The Morgan fingerprint density at radius 3 is 2.89 bits per heavy atom. The van der Waals surface area contributed by atoms with Gasteiger partial charge in [-0.3, -0.25) is 9.59 Å². The van der Waals surface area contributed by atoms with Crippen LogP contribution < -0.4 is 10.9 Å². The summed E-state index contributed by atoms with van der Waals surface area (Å²) in [5, 5.41) is 6.04. The summed E-state index contributed by atoms with van der Waals surface area (Å²) in [5.74, 6) is -1.57. The molecule has 2 aromatic heterocycles. The summed E-state index contributed by atoms with van der Waals surface area (Å²) in [6.07, 6.45) is 1.83. The van der Waals surface area contributed by atoms with Gasteiger partial charge < -0.3 is 19.1 Å². The highest BCUT2D eigenvalue weighted by Crippen LogP contribution is 2.17. The number of ether oxygens (including phenoxy) is 1. The zero-order valence-electron chi connectivity index (χ0n) is 14.8. The van der Waals surface area contributed by atoms with Crippen LogP contribution in [0.2, 0.25) is 0 Å². The average molecular weight is 390 g/mol. The lowest BCUT2D eigenvalue weighted by molar-refractivity contribution is -0.116. The number of halogens is 2. The van der Waals surface area contributed by atoms with E-state index in [1.807, 2.05) is 0 Å².